The second-order valence-electron chi connectivity index (χ2n) is 2.50. The molecule has 90 valence electrons. The Hall–Kier alpha value is 0.200. The van der Waals surface area contributed by atoms with Crippen LogP contribution < -0.4 is 0 Å². The average molecular weight is 278 g/mol. The summed E-state index contributed by atoms with van der Waals surface area (Å²) in [6.07, 6.45) is 0.343. The van der Waals surface area contributed by atoms with Gasteiger partial charge in [-0.25, -0.2) is 4.57 Å². The maximum Gasteiger partial charge on any atom is 0.456 e. The van der Waals surface area contributed by atoms with Gasteiger partial charge in [-0.2, -0.15) is 0 Å². The molecule has 15 heavy (non-hydrogen) atoms. The molecule has 0 atom stereocenters. The predicted molar refractivity (Wildman–Crippen MR) is 60.8 cm³/mol. The minimum atomic E-state index is -3.57. The minimum Gasteiger partial charge on any atom is -0.482 e. The second-order valence-corrected chi connectivity index (χ2v) is 5.85. The Bertz CT molecular complexity index is 274. The minimum absolute atomic E-state index is 0.0969. The molecule has 0 radical (unpaired) electrons. The topological polar surface area (TPSA) is 57.1 Å². The fourth-order valence-corrected chi connectivity index (χ4v) is 1.83. The van der Waals surface area contributed by atoms with Crippen LogP contribution >= 0.6 is 30.9 Å². The highest BCUT2D eigenvalue weighted by atomic mass is 35.5. The summed E-state index contributed by atoms with van der Waals surface area (Å²) in [6, 6.07) is 0. The zero-order valence-corrected chi connectivity index (χ0v) is 11.4. The molecule has 8 heteroatoms. The van der Waals surface area contributed by atoms with Crippen LogP contribution in [0.5, 0.6) is 0 Å². The van der Waals surface area contributed by atoms with Crippen molar-refractivity contribution in [2.24, 2.45) is 4.76 Å². The molecule has 0 fully saturated rings. The Morgan fingerprint density at radius 1 is 1.33 bits per heavy atom. The van der Waals surface area contributed by atoms with Gasteiger partial charge in [-0.05, 0) is 6.42 Å². The van der Waals surface area contributed by atoms with E-state index in [1.807, 2.05) is 0 Å². The van der Waals surface area contributed by atoms with Crippen molar-refractivity contribution in [3.05, 3.63) is 0 Å². The largest absolute Gasteiger partial charge is 0.482 e. The van der Waals surface area contributed by atoms with E-state index in [-0.39, 0.29) is 5.90 Å². The summed E-state index contributed by atoms with van der Waals surface area (Å²) in [7, 11) is 0.165. The van der Waals surface area contributed by atoms with Gasteiger partial charge in [0.15, 0.2) is 4.33 Å². The Morgan fingerprint density at radius 2 is 1.80 bits per heavy atom. The molecule has 0 aromatic rings. The lowest BCUT2D eigenvalue weighted by Gasteiger charge is -2.19. The quantitative estimate of drug-likeness (QED) is 0.335. The van der Waals surface area contributed by atoms with Crippen LogP contribution in [0.15, 0.2) is 4.76 Å². The summed E-state index contributed by atoms with van der Waals surface area (Å²) < 4.78 is 28.0. The van der Waals surface area contributed by atoms with E-state index >= 15 is 0 Å². The molecule has 0 aromatic heterocycles. The first-order valence-electron chi connectivity index (χ1n) is 4.09. The number of alkyl halides is 2. The number of rotatable bonds is 5. The molecule has 0 rings (SSSR count). The van der Waals surface area contributed by atoms with Gasteiger partial charge in [0.25, 0.3) is 0 Å². The normalized spacial score (nSPS) is 14.1. The summed E-state index contributed by atoms with van der Waals surface area (Å²) in [4.78, 5) is 0. The smallest absolute Gasteiger partial charge is 0.456 e. The number of halogens is 2. The standard InChI is InChI=1S/C7H14Cl2NO4P/c1-5-7(8,9)6(12-2)10-15(11,13-3)14-4/h5H2,1-4H3. The molecule has 0 saturated carbocycles. The third-order valence-electron chi connectivity index (χ3n) is 1.63. The number of methoxy groups -OCH3 is 1. The first-order chi connectivity index (χ1) is 6.85. The zero-order chi connectivity index (χ0) is 12.1. The van der Waals surface area contributed by atoms with Gasteiger partial charge < -0.3 is 4.74 Å². The van der Waals surface area contributed by atoms with E-state index in [0.29, 0.717) is 6.42 Å². The van der Waals surface area contributed by atoms with Crippen molar-refractivity contribution < 1.29 is 18.3 Å². The molecule has 0 N–H and O–H groups in total. The number of hydrogen-bond donors (Lipinski definition) is 0. The first-order valence-corrected chi connectivity index (χ1v) is 6.34. The Labute approximate surface area is 99.3 Å². The fraction of sp³-hybridized carbons (Fsp3) is 0.857. The van der Waals surface area contributed by atoms with Crippen LogP contribution in [-0.4, -0.2) is 31.6 Å². The van der Waals surface area contributed by atoms with Gasteiger partial charge in [-0.3, -0.25) is 9.05 Å². The number of ether oxygens (including phenoxy) is 1. The number of nitrogens with zero attached hydrogens (tertiary/aromatic N) is 1. The molecule has 0 aromatic carbocycles. The molecule has 0 spiro atoms. The number of hydrogen-bond acceptors (Lipinski definition) is 4. The first kappa shape index (κ1) is 15.2. The van der Waals surface area contributed by atoms with Gasteiger partial charge in [0.1, 0.15) is 0 Å². The second kappa shape index (κ2) is 6.06. The van der Waals surface area contributed by atoms with Gasteiger partial charge in [0, 0.05) is 14.2 Å². The van der Waals surface area contributed by atoms with Crippen molar-refractivity contribution in [3.63, 3.8) is 0 Å². The Kier molecular flexibility index (Phi) is 6.14. The van der Waals surface area contributed by atoms with Crippen LogP contribution in [0.4, 0.5) is 0 Å². The van der Waals surface area contributed by atoms with Crippen molar-refractivity contribution >= 4 is 36.8 Å². The highest BCUT2D eigenvalue weighted by molar-refractivity contribution is 7.52. The van der Waals surface area contributed by atoms with Gasteiger partial charge in [-0.1, -0.05) is 30.1 Å². The third kappa shape index (κ3) is 4.29. The lowest BCUT2D eigenvalue weighted by molar-refractivity contribution is 0.275. The van der Waals surface area contributed by atoms with E-state index in [1.165, 1.54) is 21.3 Å². The SMILES string of the molecule is CCC(Cl)(Cl)C(=NP(=O)(OC)OC)OC. The van der Waals surface area contributed by atoms with Crippen molar-refractivity contribution in [2.45, 2.75) is 17.7 Å². The monoisotopic (exact) mass is 277 g/mol. The Balaban J connectivity index is 5.13. The van der Waals surface area contributed by atoms with Crippen molar-refractivity contribution in [2.75, 3.05) is 21.3 Å². The molecule has 0 aliphatic rings. The lowest BCUT2D eigenvalue weighted by Crippen LogP contribution is -2.26. The molecule has 0 heterocycles. The van der Waals surface area contributed by atoms with Crippen molar-refractivity contribution in [3.8, 4) is 0 Å². The maximum atomic E-state index is 11.7. The predicted octanol–water partition coefficient (Wildman–Crippen LogP) is 3.02. The van der Waals surface area contributed by atoms with E-state index < -0.39 is 12.1 Å². The van der Waals surface area contributed by atoms with Crippen molar-refractivity contribution in [1.82, 2.24) is 0 Å². The maximum absolute atomic E-state index is 11.7. The zero-order valence-electron chi connectivity index (χ0n) is 8.99. The van der Waals surface area contributed by atoms with Crippen LogP contribution in [0.2, 0.25) is 0 Å². The molecule has 5 nitrogen and oxygen atoms in total. The van der Waals surface area contributed by atoms with Crippen LogP contribution in [0, 0.1) is 0 Å². The summed E-state index contributed by atoms with van der Waals surface area (Å²) in [6.45, 7) is 1.74. The van der Waals surface area contributed by atoms with E-state index in [4.69, 9.17) is 27.9 Å². The molecule has 0 aliphatic carbocycles. The van der Waals surface area contributed by atoms with E-state index in [0.717, 1.165) is 0 Å². The summed E-state index contributed by atoms with van der Waals surface area (Å²) >= 11 is 11.8. The Morgan fingerprint density at radius 3 is 2.07 bits per heavy atom. The summed E-state index contributed by atoms with van der Waals surface area (Å²) in [5.41, 5.74) is 0. The van der Waals surface area contributed by atoms with Gasteiger partial charge in [0.05, 0.1) is 7.11 Å². The molecule has 0 unspecified atom stereocenters. The third-order valence-corrected chi connectivity index (χ3v) is 3.83. The van der Waals surface area contributed by atoms with Crippen LogP contribution in [0.1, 0.15) is 13.3 Å². The molecule has 0 amide bonds. The van der Waals surface area contributed by atoms with E-state index in [1.54, 1.807) is 6.92 Å². The summed E-state index contributed by atoms with van der Waals surface area (Å²) in [5, 5.41) is 0. The van der Waals surface area contributed by atoms with Crippen LogP contribution in [-0.2, 0) is 18.3 Å². The van der Waals surface area contributed by atoms with E-state index in [2.05, 4.69) is 13.8 Å². The fourth-order valence-electron chi connectivity index (χ4n) is 0.682. The van der Waals surface area contributed by atoms with Crippen LogP contribution in [0.3, 0.4) is 0 Å². The van der Waals surface area contributed by atoms with Gasteiger partial charge in [-0.15, -0.1) is 4.76 Å². The van der Waals surface area contributed by atoms with Crippen molar-refractivity contribution in [1.29, 1.82) is 0 Å². The highest BCUT2D eigenvalue weighted by Gasteiger charge is 2.34. The molecular formula is C7H14Cl2NO4P. The molecule has 0 bridgehead atoms. The summed E-state index contributed by atoms with van der Waals surface area (Å²) in [5.74, 6) is -0.0969. The molecule has 0 aliphatic heterocycles. The van der Waals surface area contributed by atoms with Gasteiger partial charge >= 0.3 is 7.75 Å². The lowest BCUT2D eigenvalue weighted by atomic mass is 10.3. The van der Waals surface area contributed by atoms with E-state index in [9.17, 15) is 4.57 Å². The highest BCUT2D eigenvalue weighted by Crippen LogP contribution is 2.49. The van der Waals surface area contributed by atoms with Crippen LogP contribution in [0.25, 0.3) is 0 Å². The molecule has 0 saturated heterocycles. The molecular weight excluding hydrogens is 264 g/mol. The van der Waals surface area contributed by atoms with Gasteiger partial charge in [0.2, 0.25) is 5.90 Å². The average Bonchev–Trinajstić information content (AvgIpc) is 2.25.